The Bertz CT molecular complexity index is 1350. The zero-order valence-electron chi connectivity index (χ0n) is 25.1. The quantitative estimate of drug-likeness (QED) is 0.313. The zero-order chi connectivity index (χ0) is 29.4. The molecule has 0 N–H and O–H groups in total. The van der Waals surface area contributed by atoms with Crippen molar-refractivity contribution in [1.29, 1.82) is 0 Å². The van der Waals surface area contributed by atoms with E-state index in [2.05, 4.69) is 39.0 Å². The Morgan fingerprint density at radius 3 is 2.35 bits per heavy atom. The number of fused-ring (bicyclic) bond motifs is 1. The van der Waals surface area contributed by atoms with Crippen LogP contribution >= 0.6 is 0 Å². The number of piperazine rings is 1. The molecule has 8 heteroatoms. The number of hydrogen-bond donors (Lipinski definition) is 0. The van der Waals surface area contributed by atoms with Gasteiger partial charge in [-0.05, 0) is 93.1 Å². The third-order valence-electron chi connectivity index (χ3n) is 9.08. The van der Waals surface area contributed by atoms with Crippen LogP contribution in [0.3, 0.4) is 0 Å². The van der Waals surface area contributed by atoms with E-state index >= 15 is 0 Å². The number of aryl methyl sites for hydroxylation is 1. The predicted octanol–water partition coefficient (Wildman–Crippen LogP) is 5.04. The fourth-order valence-electron chi connectivity index (χ4n) is 6.60. The number of benzene rings is 2. The number of rotatable bonds is 10. The third-order valence-corrected chi connectivity index (χ3v) is 9.08. The molecule has 226 valence electrons. The molecular formula is C35H43N5O3. The number of hydrogen-bond acceptors (Lipinski definition) is 6. The second kappa shape index (κ2) is 14.0. The van der Waals surface area contributed by atoms with Crippen LogP contribution < -0.4 is 14.5 Å². The van der Waals surface area contributed by atoms with E-state index < -0.39 is 0 Å². The summed E-state index contributed by atoms with van der Waals surface area (Å²) in [6.45, 7) is 7.38. The average Bonchev–Trinajstić information content (AvgIpc) is 3.07. The molecule has 0 saturated carbocycles. The van der Waals surface area contributed by atoms with E-state index in [1.807, 2.05) is 58.5 Å². The molecule has 8 nitrogen and oxygen atoms in total. The molecule has 2 saturated heterocycles. The molecule has 3 aliphatic rings. The normalized spacial score (nSPS) is 18.0. The fourth-order valence-corrected chi connectivity index (χ4v) is 6.60. The summed E-state index contributed by atoms with van der Waals surface area (Å²) in [4.78, 5) is 39.3. The maximum Gasteiger partial charge on any atom is 0.253 e. The lowest BCUT2D eigenvalue weighted by Crippen LogP contribution is -2.50. The molecule has 0 unspecified atom stereocenters. The first-order valence-electron chi connectivity index (χ1n) is 16.0. The Morgan fingerprint density at radius 2 is 1.58 bits per heavy atom. The molecular weight excluding hydrogens is 538 g/mol. The average molecular weight is 582 g/mol. The number of para-hydroxylation sites is 1. The number of nitrogens with zero attached hydrogens (tertiary/aromatic N) is 5. The lowest BCUT2D eigenvalue weighted by atomic mass is 9.95. The van der Waals surface area contributed by atoms with Gasteiger partial charge in [0, 0.05) is 69.2 Å². The maximum absolute atomic E-state index is 13.2. The molecule has 2 amide bonds. The lowest BCUT2D eigenvalue weighted by Gasteiger charge is -2.41. The standard InChI is InChI=1S/C35H43N5O3/c41-34-16-13-28-8-2-3-9-32(28)40(34)30-17-21-39(22-18-30)35(42)29-11-14-31(15-12-29)43-27-7-1-6-20-37-23-25-38(26-24-37)33-10-4-5-19-36-33/h2-5,8-12,14-15,19,30H,1,6-7,13,16-18,20-27H2. The molecule has 3 aliphatic heterocycles. The first kappa shape index (κ1) is 29.2. The predicted molar refractivity (Wildman–Crippen MR) is 170 cm³/mol. The summed E-state index contributed by atoms with van der Waals surface area (Å²) < 4.78 is 5.97. The number of amides is 2. The van der Waals surface area contributed by atoms with Crippen LogP contribution in [0, 0.1) is 0 Å². The molecule has 0 radical (unpaired) electrons. The highest BCUT2D eigenvalue weighted by atomic mass is 16.5. The minimum Gasteiger partial charge on any atom is -0.494 e. The number of aromatic nitrogens is 1. The van der Waals surface area contributed by atoms with Gasteiger partial charge in [-0.15, -0.1) is 0 Å². The van der Waals surface area contributed by atoms with Crippen molar-refractivity contribution in [3.05, 3.63) is 84.1 Å². The van der Waals surface area contributed by atoms with Gasteiger partial charge in [0.2, 0.25) is 5.91 Å². The van der Waals surface area contributed by atoms with Crippen molar-refractivity contribution in [2.75, 3.05) is 62.2 Å². The molecule has 4 heterocycles. The number of anilines is 2. The summed E-state index contributed by atoms with van der Waals surface area (Å²) in [5, 5.41) is 0. The number of ether oxygens (including phenoxy) is 1. The van der Waals surface area contributed by atoms with E-state index in [9.17, 15) is 9.59 Å². The van der Waals surface area contributed by atoms with Crippen LogP contribution in [0.2, 0.25) is 0 Å². The summed E-state index contributed by atoms with van der Waals surface area (Å²) >= 11 is 0. The van der Waals surface area contributed by atoms with Gasteiger partial charge in [-0.25, -0.2) is 4.98 Å². The van der Waals surface area contributed by atoms with Gasteiger partial charge in [0.15, 0.2) is 0 Å². The van der Waals surface area contributed by atoms with E-state index in [0.717, 1.165) is 82.1 Å². The van der Waals surface area contributed by atoms with Crippen LogP contribution in [0.5, 0.6) is 5.75 Å². The first-order valence-corrected chi connectivity index (χ1v) is 16.0. The molecule has 6 rings (SSSR count). The molecule has 43 heavy (non-hydrogen) atoms. The number of pyridine rings is 1. The van der Waals surface area contributed by atoms with Gasteiger partial charge < -0.3 is 19.4 Å². The number of carbonyl (C=O) groups excluding carboxylic acids is 2. The second-order valence-electron chi connectivity index (χ2n) is 11.9. The lowest BCUT2D eigenvalue weighted by molar-refractivity contribution is -0.119. The summed E-state index contributed by atoms with van der Waals surface area (Å²) in [6, 6.07) is 22.0. The Kier molecular flexibility index (Phi) is 9.53. The number of piperidine rings is 1. The number of likely N-dealkylation sites (tertiary alicyclic amines) is 1. The Hall–Kier alpha value is -3.91. The topological polar surface area (TPSA) is 69.2 Å². The molecule has 2 aromatic carbocycles. The number of carbonyl (C=O) groups is 2. The van der Waals surface area contributed by atoms with Gasteiger partial charge >= 0.3 is 0 Å². The van der Waals surface area contributed by atoms with Crippen molar-refractivity contribution < 1.29 is 14.3 Å². The largest absolute Gasteiger partial charge is 0.494 e. The highest BCUT2D eigenvalue weighted by Gasteiger charge is 2.33. The Morgan fingerprint density at radius 1 is 0.814 bits per heavy atom. The second-order valence-corrected chi connectivity index (χ2v) is 11.9. The van der Waals surface area contributed by atoms with Crippen molar-refractivity contribution in [2.45, 2.75) is 51.0 Å². The highest BCUT2D eigenvalue weighted by Crippen LogP contribution is 2.32. The van der Waals surface area contributed by atoms with Crippen LogP contribution in [-0.2, 0) is 11.2 Å². The van der Waals surface area contributed by atoms with Crippen LogP contribution in [0.15, 0.2) is 72.9 Å². The zero-order valence-corrected chi connectivity index (χ0v) is 25.1. The van der Waals surface area contributed by atoms with Gasteiger partial charge in [-0.1, -0.05) is 24.3 Å². The first-order chi connectivity index (χ1) is 21.2. The van der Waals surface area contributed by atoms with Crippen LogP contribution in [0.25, 0.3) is 0 Å². The Balaban J connectivity index is 0.876. The van der Waals surface area contributed by atoms with E-state index in [1.54, 1.807) is 0 Å². The smallest absolute Gasteiger partial charge is 0.253 e. The van der Waals surface area contributed by atoms with Crippen LogP contribution in [-0.4, -0.2) is 85.1 Å². The fraction of sp³-hybridized carbons (Fsp3) is 0.457. The summed E-state index contributed by atoms with van der Waals surface area (Å²) in [6.07, 6.45) is 8.18. The van der Waals surface area contributed by atoms with Gasteiger partial charge in [0.05, 0.1) is 6.61 Å². The van der Waals surface area contributed by atoms with Gasteiger partial charge in [0.25, 0.3) is 5.91 Å². The summed E-state index contributed by atoms with van der Waals surface area (Å²) in [5.41, 5.74) is 2.98. The minimum atomic E-state index is 0.0521. The van der Waals surface area contributed by atoms with Crippen molar-refractivity contribution in [1.82, 2.24) is 14.8 Å². The molecule has 2 fully saturated rings. The molecule has 1 aromatic heterocycles. The van der Waals surface area contributed by atoms with E-state index in [4.69, 9.17) is 4.74 Å². The molecule has 0 aliphatic carbocycles. The Labute approximate surface area is 255 Å². The monoisotopic (exact) mass is 581 g/mol. The van der Waals surface area contributed by atoms with Gasteiger partial charge in [0.1, 0.15) is 11.6 Å². The van der Waals surface area contributed by atoms with Crippen molar-refractivity contribution in [3.63, 3.8) is 0 Å². The van der Waals surface area contributed by atoms with E-state index in [1.165, 1.54) is 12.0 Å². The minimum absolute atomic E-state index is 0.0521. The molecule has 3 aromatic rings. The SMILES string of the molecule is O=C(c1ccc(OCCCCCN2CCN(c3ccccn3)CC2)cc1)N1CCC(N2C(=O)CCc3ccccc32)CC1. The number of unbranched alkanes of at least 4 members (excludes halogenated alkanes) is 2. The van der Waals surface area contributed by atoms with Crippen molar-refractivity contribution in [2.24, 2.45) is 0 Å². The maximum atomic E-state index is 13.2. The molecule has 0 atom stereocenters. The van der Waals surface area contributed by atoms with E-state index in [0.29, 0.717) is 31.7 Å². The third kappa shape index (κ3) is 7.19. The molecule has 0 spiro atoms. The highest BCUT2D eigenvalue weighted by molar-refractivity contribution is 5.97. The van der Waals surface area contributed by atoms with Crippen molar-refractivity contribution in [3.8, 4) is 5.75 Å². The van der Waals surface area contributed by atoms with Crippen LogP contribution in [0.4, 0.5) is 11.5 Å². The van der Waals surface area contributed by atoms with Gasteiger partial charge in [-0.3, -0.25) is 14.5 Å². The van der Waals surface area contributed by atoms with Crippen molar-refractivity contribution >= 4 is 23.3 Å². The van der Waals surface area contributed by atoms with E-state index in [-0.39, 0.29) is 17.9 Å². The summed E-state index contributed by atoms with van der Waals surface area (Å²) in [5.74, 6) is 2.14. The summed E-state index contributed by atoms with van der Waals surface area (Å²) in [7, 11) is 0. The molecule has 0 bridgehead atoms. The van der Waals surface area contributed by atoms with Crippen LogP contribution in [0.1, 0.15) is 54.4 Å². The van der Waals surface area contributed by atoms with Gasteiger partial charge in [-0.2, -0.15) is 0 Å².